The van der Waals surface area contributed by atoms with E-state index in [1.54, 1.807) is 7.11 Å². The van der Waals surface area contributed by atoms with Crippen molar-refractivity contribution in [2.45, 2.75) is 31.9 Å². The maximum atomic E-state index is 12.5. The van der Waals surface area contributed by atoms with E-state index in [0.29, 0.717) is 30.0 Å². The molecule has 0 bridgehead atoms. The van der Waals surface area contributed by atoms with E-state index in [2.05, 4.69) is 11.4 Å². The molecule has 1 unspecified atom stereocenters. The van der Waals surface area contributed by atoms with Gasteiger partial charge in [0.25, 0.3) is 0 Å². The number of ether oxygens (including phenoxy) is 2. The lowest BCUT2D eigenvalue weighted by molar-refractivity contribution is -0.116. The number of aliphatic hydroxyl groups excluding tert-OH is 2. The molecule has 0 aliphatic carbocycles. The molecule has 3 N–H and O–H groups in total. The normalized spacial score (nSPS) is 13.6. The number of rotatable bonds is 8. The summed E-state index contributed by atoms with van der Waals surface area (Å²) in [6.45, 7) is -0.179. The average molecular weight is 460 g/mol. The molecule has 1 aromatic carbocycles. The Hall–Kier alpha value is -3.13. The minimum atomic E-state index is -1.12. The molecular formula is C22H25N3O6S. The number of carbonyl (C=O) groups is 2. The molecule has 9 nitrogen and oxygen atoms in total. The third-order valence-corrected chi connectivity index (χ3v) is 6.24. The van der Waals surface area contributed by atoms with E-state index in [1.807, 2.05) is 24.3 Å². The van der Waals surface area contributed by atoms with E-state index in [4.69, 9.17) is 14.6 Å². The average Bonchev–Trinajstić information content (AvgIpc) is 3.16. The minimum absolute atomic E-state index is 0.208. The van der Waals surface area contributed by atoms with Gasteiger partial charge in [-0.3, -0.25) is 4.79 Å². The Labute approximate surface area is 189 Å². The quantitative estimate of drug-likeness (QED) is 0.550. The van der Waals surface area contributed by atoms with Crippen LogP contribution < -0.4 is 10.1 Å². The summed E-state index contributed by atoms with van der Waals surface area (Å²) in [6, 6.07) is 9.68. The van der Waals surface area contributed by atoms with Gasteiger partial charge in [0.05, 0.1) is 25.8 Å². The Balaban J connectivity index is 1.63. The highest BCUT2D eigenvalue weighted by molar-refractivity contribution is 7.16. The van der Waals surface area contributed by atoms with E-state index in [0.717, 1.165) is 21.8 Å². The molecular weight excluding hydrogens is 434 g/mol. The van der Waals surface area contributed by atoms with Crippen LogP contribution in [0.1, 0.15) is 28.0 Å². The number of fused-ring (bicyclic) bond motifs is 1. The van der Waals surface area contributed by atoms with Crippen molar-refractivity contribution >= 4 is 28.3 Å². The topological polar surface area (TPSA) is 132 Å². The highest BCUT2D eigenvalue weighted by atomic mass is 32.1. The number of anilines is 1. The number of carbonyl (C=O) groups excluding carboxylic acids is 2. The van der Waals surface area contributed by atoms with E-state index < -0.39 is 18.8 Å². The molecule has 2 amide bonds. The zero-order chi connectivity index (χ0) is 23.1. The van der Waals surface area contributed by atoms with Crippen LogP contribution in [0, 0.1) is 11.3 Å². The van der Waals surface area contributed by atoms with E-state index in [1.165, 1.54) is 16.2 Å². The van der Waals surface area contributed by atoms with Gasteiger partial charge in [-0.25, -0.2) is 4.79 Å². The van der Waals surface area contributed by atoms with E-state index in [9.17, 15) is 20.0 Å². The second kappa shape index (κ2) is 10.9. The molecule has 1 atom stereocenters. The summed E-state index contributed by atoms with van der Waals surface area (Å²) >= 11 is 1.28. The van der Waals surface area contributed by atoms with Gasteiger partial charge in [-0.05, 0) is 30.0 Å². The van der Waals surface area contributed by atoms with Crippen molar-refractivity contribution in [2.24, 2.45) is 0 Å². The van der Waals surface area contributed by atoms with Gasteiger partial charge in [0.2, 0.25) is 5.91 Å². The number of para-hydroxylation sites is 1. The van der Waals surface area contributed by atoms with Crippen LogP contribution in [0.2, 0.25) is 0 Å². The second-order valence-corrected chi connectivity index (χ2v) is 8.37. The molecule has 0 fully saturated rings. The Morgan fingerprint density at radius 1 is 1.38 bits per heavy atom. The van der Waals surface area contributed by atoms with Gasteiger partial charge in [0.15, 0.2) is 0 Å². The molecule has 0 saturated carbocycles. The standard InChI is InChI=1S/C22H25N3O6S/c1-30-18-5-3-2-4-14(18)6-7-20(28)24-21-17(10-23)16-8-9-25(11-19(16)32-21)22(29)31-13-15(27)12-26/h2-5,15,26-27H,6-9,11-13H2,1H3,(H,24,28). The SMILES string of the molecule is COc1ccccc1CCC(=O)Nc1sc2c(c1C#N)CCN(C(=O)OCC(O)CO)C2. The molecule has 3 rings (SSSR count). The van der Waals surface area contributed by atoms with Crippen LogP contribution in [-0.4, -0.2) is 60.1 Å². The lowest BCUT2D eigenvalue weighted by Crippen LogP contribution is -2.37. The number of hydrogen-bond acceptors (Lipinski definition) is 8. The maximum absolute atomic E-state index is 12.5. The lowest BCUT2D eigenvalue weighted by Gasteiger charge is -2.26. The zero-order valence-electron chi connectivity index (χ0n) is 17.7. The Bertz CT molecular complexity index is 1020. The number of hydrogen-bond donors (Lipinski definition) is 3. The van der Waals surface area contributed by atoms with Gasteiger partial charge in [-0.1, -0.05) is 18.2 Å². The molecule has 0 radical (unpaired) electrons. The summed E-state index contributed by atoms with van der Waals surface area (Å²) < 4.78 is 10.3. The van der Waals surface area contributed by atoms with Gasteiger partial charge in [-0.15, -0.1) is 11.3 Å². The van der Waals surface area contributed by atoms with Gasteiger partial charge < -0.3 is 29.9 Å². The van der Waals surface area contributed by atoms with Crippen molar-refractivity contribution in [3.05, 3.63) is 45.8 Å². The molecule has 170 valence electrons. The van der Waals surface area contributed by atoms with Gasteiger partial charge in [-0.2, -0.15) is 5.26 Å². The van der Waals surface area contributed by atoms with Crippen molar-refractivity contribution in [1.82, 2.24) is 4.90 Å². The molecule has 0 spiro atoms. The van der Waals surface area contributed by atoms with Crippen LogP contribution in [0.5, 0.6) is 5.75 Å². The van der Waals surface area contributed by atoms with Crippen LogP contribution in [0.4, 0.5) is 9.80 Å². The second-order valence-electron chi connectivity index (χ2n) is 7.26. The number of nitrogens with zero attached hydrogens (tertiary/aromatic N) is 2. The van der Waals surface area contributed by atoms with Crippen molar-refractivity contribution in [2.75, 3.05) is 32.2 Å². The molecule has 32 heavy (non-hydrogen) atoms. The first-order chi connectivity index (χ1) is 15.5. The van der Waals surface area contributed by atoms with Crippen molar-refractivity contribution < 1.29 is 29.3 Å². The fourth-order valence-corrected chi connectivity index (χ4v) is 4.65. The van der Waals surface area contributed by atoms with E-state index >= 15 is 0 Å². The predicted molar refractivity (Wildman–Crippen MR) is 118 cm³/mol. The first kappa shape index (κ1) is 23.5. The summed E-state index contributed by atoms with van der Waals surface area (Å²) in [7, 11) is 1.59. The molecule has 2 aromatic rings. The number of nitriles is 1. The summed E-state index contributed by atoms with van der Waals surface area (Å²) in [5, 5.41) is 31.1. The van der Waals surface area contributed by atoms with Crippen LogP contribution in [0.15, 0.2) is 24.3 Å². The summed E-state index contributed by atoms with van der Waals surface area (Å²) in [6.07, 6.45) is -0.522. The summed E-state index contributed by atoms with van der Waals surface area (Å²) in [5.41, 5.74) is 2.19. The predicted octanol–water partition coefficient (Wildman–Crippen LogP) is 2.05. The minimum Gasteiger partial charge on any atom is -0.496 e. The Morgan fingerprint density at radius 3 is 2.88 bits per heavy atom. The third kappa shape index (κ3) is 5.56. The van der Waals surface area contributed by atoms with Gasteiger partial charge >= 0.3 is 6.09 Å². The largest absolute Gasteiger partial charge is 0.496 e. The molecule has 1 aromatic heterocycles. The van der Waals surface area contributed by atoms with Crippen molar-refractivity contribution in [1.29, 1.82) is 5.26 Å². The first-order valence-electron chi connectivity index (χ1n) is 10.1. The monoisotopic (exact) mass is 459 g/mol. The van der Waals surface area contributed by atoms with Crippen LogP contribution in [-0.2, 0) is 28.9 Å². The first-order valence-corrected chi connectivity index (χ1v) is 11.0. The third-order valence-electron chi connectivity index (χ3n) is 5.10. The number of methoxy groups -OCH3 is 1. The number of aliphatic hydroxyl groups is 2. The number of thiophene rings is 1. The Kier molecular flexibility index (Phi) is 8.05. The number of benzene rings is 1. The fraction of sp³-hybridized carbons (Fsp3) is 0.409. The highest BCUT2D eigenvalue weighted by Crippen LogP contribution is 2.37. The van der Waals surface area contributed by atoms with Gasteiger partial charge in [0, 0.05) is 17.8 Å². The molecule has 2 heterocycles. The summed E-state index contributed by atoms with van der Waals surface area (Å²) in [5.74, 6) is 0.517. The Morgan fingerprint density at radius 2 is 2.16 bits per heavy atom. The number of aryl methyl sites for hydroxylation is 1. The smallest absolute Gasteiger partial charge is 0.410 e. The molecule has 1 aliphatic rings. The van der Waals surface area contributed by atoms with Crippen LogP contribution in [0.25, 0.3) is 0 Å². The number of amides is 2. The fourth-order valence-electron chi connectivity index (χ4n) is 3.42. The van der Waals surface area contributed by atoms with Crippen molar-refractivity contribution in [3.63, 3.8) is 0 Å². The summed E-state index contributed by atoms with van der Waals surface area (Å²) in [4.78, 5) is 27.0. The number of nitrogens with one attached hydrogen (secondary N) is 1. The molecule has 10 heteroatoms. The molecule has 0 saturated heterocycles. The van der Waals surface area contributed by atoms with E-state index in [-0.39, 0.29) is 25.5 Å². The zero-order valence-corrected chi connectivity index (χ0v) is 18.5. The highest BCUT2D eigenvalue weighted by Gasteiger charge is 2.28. The molecule has 1 aliphatic heterocycles. The van der Waals surface area contributed by atoms with Crippen LogP contribution >= 0.6 is 11.3 Å². The van der Waals surface area contributed by atoms with Crippen molar-refractivity contribution in [3.8, 4) is 11.8 Å². The maximum Gasteiger partial charge on any atom is 0.410 e. The van der Waals surface area contributed by atoms with Gasteiger partial charge in [0.1, 0.15) is 29.5 Å². The lowest BCUT2D eigenvalue weighted by atomic mass is 10.0. The van der Waals surface area contributed by atoms with Crippen LogP contribution in [0.3, 0.4) is 0 Å².